The standard InChI is InChI=1S/C22H18F3NO3S/c1-28-17-6-4-16(5-7-17)21(27)26-12-10-15-11-13-30-20(15)19(26)14-2-8-18(9-3-14)29-22(23,24)25/h2-9,11,13,19H,10,12H2,1H3. The number of benzene rings is 2. The van der Waals surface area contributed by atoms with Crippen LogP contribution in [0.25, 0.3) is 0 Å². The van der Waals surface area contributed by atoms with Crippen molar-refractivity contribution in [3.63, 3.8) is 0 Å². The van der Waals surface area contributed by atoms with E-state index in [0.29, 0.717) is 17.9 Å². The number of rotatable bonds is 4. The van der Waals surface area contributed by atoms with Crippen molar-refractivity contribution in [2.24, 2.45) is 0 Å². The summed E-state index contributed by atoms with van der Waals surface area (Å²) in [6, 6.07) is 14.3. The number of hydrogen-bond acceptors (Lipinski definition) is 4. The van der Waals surface area contributed by atoms with Crippen molar-refractivity contribution in [2.45, 2.75) is 18.8 Å². The molecule has 0 saturated carbocycles. The van der Waals surface area contributed by atoms with Crippen molar-refractivity contribution >= 4 is 17.2 Å². The van der Waals surface area contributed by atoms with Gasteiger partial charge in [-0.1, -0.05) is 12.1 Å². The predicted molar refractivity (Wildman–Crippen MR) is 107 cm³/mol. The molecular weight excluding hydrogens is 415 g/mol. The molecule has 0 spiro atoms. The van der Waals surface area contributed by atoms with Gasteiger partial charge in [-0.05, 0) is 65.4 Å². The van der Waals surface area contributed by atoms with Crippen LogP contribution in [0.2, 0.25) is 0 Å². The summed E-state index contributed by atoms with van der Waals surface area (Å²) in [4.78, 5) is 16.1. The normalized spacial score (nSPS) is 16.1. The first-order chi connectivity index (χ1) is 14.4. The minimum Gasteiger partial charge on any atom is -0.497 e. The fraction of sp³-hybridized carbons (Fsp3) is 0.227. The lowest BCUT2D eigenvalue weighted by atomic mass is 9.94. The highest BCUT2D eigenvalue weighted by atomic mass is 32.1. The van der Waals surface area contributed by atoms with E-state index in [2.05, 4.69) is 4.74 Å². The maximum Gasteiger partial charge on any atom is 0.573 e. The van der Waals surface area contributed by atoms with Crippen molar-refractivity contribution in [3.8, 4) is 11.5 Å². The quantitative estimate of drug-likeness (QED) is 0.550. The number of carbonyl (C=O) groups is 1. The van der Waals surface area contributed by atoms with Gasteiger partial charge in [0, 0.05) is 17.0 Å². The van der Waals surface area contributed by atoms with Crippen LogP contribution in [0.5, 0.6) is 11.5 Å². The maximum absolute atomic E-state index is 13.3. The zero-order chi connectivity index (χ0) is 21.3. The first kappa shape index (κ1) is 20.3. The lowest BCUT2D eigenvalue weighted by molar-refractivity contribution is -0.274. The van der Waals surface area contributed by atoms with Crippen molar-refractivity contribution in [2.75, 3.05) is 13.7 Å². The third kappa shape index (κ3) is 4.14. The number of fused-ring (bicyclic) bond motifs is 1. The molecule has 1 amide bonds. The molecule has 1 aromatic heterocycles. The molecule has 4 rings (SSSR count). The van der Waals surface area contributed by atoms with Crippen LogP contribution in [-0.2, 0) is 6.42 Å². The van der Waals surface area contributed by atoms with Gasteiger partial charge in [0.1, 0.15) is 11.5 Å². The zero-order valence-corrected chi connectivity index (χ0v) is 16.8. The van der Waals surface area contributed by atoms with Crippen LogP contribution in [0.15, 0.2) is 60.0 Å². The summed E-state index contributed by atoms with van der Waals surface area (Å²) in [5.74, 6) is 0.223. The summed E-state index contributed by atoms with van der Waals surface area (Å²) in [5, 5.41) is 1.97. The number of amides is 1. The zero-order valence-electron chi connectivity index (χ0n) is 16.0. The van der Waals surface area contributed by atoms with Gasteiger partial charge in [0.05, 0.1) is 13.2 Å². The Hall–Kier alpha value is -3.00. The molecule has 0 saturated heterocycles. The van der Waals surface area contributed by atoms with Gasteiger partial charge < -0.3 is 14.4 Å². The molecule has 2 heterocycles. The van der Waals surface area contributed by atoms with E-state index < -0.39 is 6.36 Å². The number of hydrogen-bond donors (Lipinski definition) is 0. The average Bonchev–Trinajstić information content (AvgIpc) is 3.21. The van der Waals surface area contributed by atoms with Crippen LogP contribution in [0, 0.1) is 0 Å². The lowest BCUT2D eigenvalue weighted by Gasteiger charge is -2.36. The number of methoxy groups -OCH3 is 1. The maximum atomic E-state index is 13.3. The topological polar surface area (TPSA) is 38.8 Å². The Labute approximate surface area is 175 Å². The Morgan fingerprint density at radius 2 is 1.70 bits per heavy atom. The number of nitrogens with zero attached hydrogens (tertiary/aromatic N) is 1. The van der Waals surface area contributed by atoms with E-state index in [0.717, 1.165) is 22.4 Å². The van der Waals surface area contributed by atoms with Gasteiger partial charge >= 0.3 is 6.36 Å². The highest BCUT2D eigenvalue weighted by Gasteiger charge is 2.34. The van der Waals surface area contributed by atoms with Gasteiger partial charge in [0.15, 0.2) is 0 Å². The van der Waals surface area contributed by atoms with E-state index in [9.17, 15) is 18.0 Å². The third-order valence-corrected chi connectivity index (χ3v) is 6.00. The first-order valence-electron chi connectivity index (χ1n) is 9.23. The number of halogens is 3. The molecule has 30 heavy (non-hydrogen) atoms. The Morgan fingerprint density at radius 3 is 2.33 bits per heavy atom. The van der Waals surface area contributed by atoms with E-state index in [1.54, 1.807) is 48.4 Å². The molecule has 1 aliphatic rings. The fourth-order valence-electron chi connectivity index (χ4n) is 3.61. The van der Waals surface area contributed by atoms with Crippen LogP contribution >= 0.6 is 11.3 Å². The smallest absolute Gasteiger partial charge is 0.497 e. The monoisotopic (exact) mass is 433 g/mol. The lowest BCUT2D eigenvalue weighted by Crippen LogP contribution is -2.40. The molecule has 8 heteroatoms. The molecule has 0 aliphatic carbocycles. The van der Waals surface area contributed by atoms with E-state index in [1.165, 1.54) is 23.5 Å². The van der Waals surface area contributed by atoms with Crippen LogP contribution in [-0.4, -0.2) is 30.8 Å². The summed E-state index contributed by atoms with van der Waals surface area (Å²) >= 11 is 1.54. The molecule has 1 aliphatic heterocycles. The van der Waals surface area contributed by atoms with Gasteiger partial charge in [-0.25, -0.2) is 0 Å². The molecule has 0 radical (unpaired) electrons. The fourth-order valence-corrected chi connectivity index (χ4v) is 4.70. The van der Waals surface area contributed by atoms with Gasteiger partial charge in [-0.15, -0.1) is 24.5 Å². The minimum absolute atomic E-state index is 0.141. The molecular formula is C22H18F3NO3S. The largest absolute Gasteiger partial charge is 0.573 e. The summed E-state index contributed by atoms with van der Waals surface area (Å²) in [6.45, 7) is 0.514. The second-order valence-corrected chi connectivity index (χ2v) is 7.75. The highest BCUT2D eigenvalue weighted by Crippen LogP contribution is 2.40. The average molecular weight is 433 g/mol. The minimum atomic E-state index is -4.75. The molecule has 1 unspecified atom stereocenters. The van der Waals surface area contributed by atoms with Crippen molar-refractivity contribution in [3.05, 3.63) is 81.5 Å². The summed E-state index contributed by atoms with van der Waals surface area (Å²) in [5.41, 5.74) is 2.41. The van der Waals surface area contributed by atoms with Crippen molar-refractivity contribution < 1.29 is 27.4 Å². The predicted octanol–water partition coefficient (Wildman–Crippen LogP) is 5.44. The first-order valence-corrected chi connectivity index (χ1v) is 10.1. The van der Waals surface area contributed by atoms with E-state index in [1.807, 2.05) is 11.4 Å². The number of carbonyl (C=O) groups excluding carboxylic acids is 1. The molecule has 2 aromatic carbocycles. The van der Waals surface area contributed by atoms with Crippen LogP contribution < -0.4 is 9.47 Å². The van der Waals surface area contributed by atoms with Gasteiger partial charge in [0.25, 0.3) is 5.91 Å². The highest BCUT2D eigenvalue weighted by molar-refractivity contribution is 7.10. The van der Waals surface area contributed by atoms with Crippen LogP contribution in [0.1, 0.15) is 32.4 Å². The number of alkyl halides is 3. The summed E-state index contributed by atoms with van der Waals surface area (Å²) < 4.78 is 46.6. The van der Waals surface area contributed by atoms with E-state index in [4.69, 9.17) is 4.74 Å². The second kappa shape index (κ2) is 8.02. The molecule has 3 aromatic rings. The number of ether oxygens (including phenoxy) is 2. The summed E-state index contributed by atoms with van der Waals surface area (Å²) in [7, 11) is 1.56. The molecule has 4 nitrogen and oxygen atoms in total. The van der Waals surface area contributed by atoms with E-state index in [-0.39, 0.29) is 17.7 Å². The Morgan fingerprint density at radius 1 is 1.03 bits per heavy atom. The second-order valence-electron chi connectivity index (χ2n) is 6.81. The molecule has 0 bridgehead atoms. The van der Waals surface area contributed by atoms with Crippen LogP contribution in [0.3, 0.4) is 0 Å². The molecule has 1 atom stereocenters. The molecule has 0 N–H and O–H groups in total. The van der Waals surface area contributed by atoms with Crippen LogP contribution in [0.4, 0.5) is 13.2 Å². The van der Waals surface area contributed by atoms with Gasteiger partial charge in [0.2, 0.25) is 0 Å². The summed E-state index contributed by atoms with van der Waals surface area (Å²) in [6.07, 6.45) is -4.02. The number of thiophene rings is 1. The Kier molecular flexibility index (Phi) is 5.42. The van der Waals surface area contributed by atoms with Gasteiger partial charge in [-0.2, -0.15) is 0 Å². The molecule has 156 valence electrons. The van der Waals surface area contributed by atoms with E-state index >= 15 is 0 Å². The van der Waals surface area contributed by atoms with Gasteiger partial charge in [-0.3, -0.25) is 4.79 Å². The molecule has 0 fully saturated rings. The van der Waals surface area contributed by atoms with Crippen molar-refractivity contribution in [1.29, 1.82) is 0 Å². The Balaban J connectivity index is 1.67. The Bertz CT molecular complexity index is 1030. The third-order valence-electron chi connectivity index (χ3n) is 4.99. The SMILES string of the molecule is COc1ccc(C(=O)N2CCc3ccsc3C2c2ccc(OC(F)(F)F)cc2)cc1. The van der Waals surface area contributed by atoms with Crippen molar-refractivity contribution in [1.82, 2.24) is 4.90 Å².